The van der Waals surface area contributed by atoms with Crippen molar-refractivity contribution in [1.29, 1.82) is 0 Å². The lowest BCUT2D eigenvalue weighted by Gasteiger charge is -2.09. The molecule has 0 bridgehead atoms. The number of benzene rings is 1. The molecule has 10 heteroatoms. The minimum absolute atomic E-state index is 0.106. The number of esters is 1. The predicted molar refractivity (Wildman–Crippen MR) is 74.5 cm³/mol. The van der Waals surface area contributed by atoms with E-state index in [1.807, 2.05) is 0 Å². The molecule has 0 fully saturated rings. The first-order valence-electron chi connectivity index (χ1n) is 6.00. The quantitative estimate of drug-likeness (QED) is 0.861. The fraction of sp³-hybridized carbons (Fsp3) is 0.154. The third-order valence-corrected chi connectivity index (χ3v) is 3.36. The number of hydrogen-bond acceptors (Lipinski definition) is 6. The van der Waals surface area contributed by atoms with Crippen LogP contribution in [0.25, 0.3) is 0 Å². The molecule has 0 radical (unpaired) electrons. The second-order valence-electron chi connectivity index (χ2n) is 4.05. The van der Waals surface area contributed by atoms with Crippen molar-refractivity contribution < 1.29 is 32.2 Å². The number of rotatable bonds is 4. The molecule has 0 aliphatic heterocycles. The van der Waals surface area contributed by atoms with Gasteiger partial charge in [-0.25, -0.2) is 9.78 Å². The van der Waals surface area contributed by atoms with Gasteiger partial charge in [-0.1, -0.05) is 11.3 Å². The third-order valence-electron chi connectivity index (χ3n) is 2.46. The van der Waals surface area contributed by atoms with Crippen molar-refractivity contribution in [2.45, 2.75) is 6.36 Å². The highest BCUT2D eigenvalue weighted by Crippen LogP contribution is 2.23. The number of hydrogen-bond donors (Lipinski definition) is 1. The van der Waals surface area contributed by atoms with Crippen molar-refractivity contribution in [3.05, 3.63) is 40.9 Å². The smallest absolute Gasteiger partial charge is 0.465 e. The summed E-state index contributed by atoms with van der Waals surface area (Å²) in [4.78, 5) is 27.2. The number of ether oxygens (including phenoxy) is 2. The number of aromatic nitrogens is 1. The summed E-state index contributed by atoms with van der Waals surface area (Å²) in [6, 6.07) is 4.38. The van der Waals surface area contributed by atoms with Gasteiger partial charge in [-0.15, -0.1) is 13.2 Å². The van der Waals surface area contributed by atoms with Crippen LogP contribution in [0.5, 0.6) is 5.75 Å². The number of thiazole rings is 1. The molecule has 1 aromatic heterocycles. The molecule has 0 unspecified atom stereocenters. The zero-order chi connectivity index (χ0) is 17.0. The van der Waals surface area contributed by atoms with E-state index in [1.165, 1.54) is 25.4 Å². The molecule has 2 rings (SSSR count). The second kappa shape index (κ2) is 6.65. The molecule has 23 heavy (non-hydrogen) atoms. The predicted octanol–water partition coefficient (Wildman–Crippen LogP) is 3.08. The summed E-state index contributed by atoms with van der Waals surface area (Å²) < 4.78 is 44.3. The van der Waals surface area contributed by atoms with Gasteiger partial charge in [-0.3, -0.25) is 10.1 Å². The van der Waals surface area contributed by atoms with Crippen LogP contribution in [0.2, 0.25) is 0 Å². The van der Waals surface area contributed by atoms with E-state index in [0.717, 1.165) is 23.5 Å². The number of carbonyl (C=O) groups is 2. The molecule has 0 spiro atoms. The van der Waals surface area contributed by atoms with Crippen molar-refractivity contribution in [1.82, 2.24) is 4.98 Å². The maximum atomic E-state index is 12.0. The SMILES string of the molecule is COC(=O)c1cnc(NC(=O)c2ccc(OC(F)(F)F)cc2)s1. The summed E-state index contributed by atoms with van der Waals surface area (Å²) in [6.07, 6.45) is -3.55. The number of alkyl halides is 3. The van der Waals surface area contributed by atoms with E-state index in [2.05, 4.69) is 19.8 Å². The highest BCUT2D eigenvalue weighted by atomic mass is 32.1. The van der Waals surface area contributed by atoms with Crippen molar-refractivity contribution in [2.75, 3.05) is 12.4 Å². The van der Waals surface area contributed by atoms with E-state index in [0.29, 0.717) is 0 Å². The van der Waals surface area contributed by atoms with E-state index >= 15 is 0 Å². The highest BCUT2D eigenvalue weighted by molar-refractivity contribution is 7.17. The number of carbonyl (C=O) groups excluding carboxylic acids is 2. The number of halogens is 3. The van der Waals surface area contributed by atoms with Gasteiger partial charge in [-0.05, 0) is 24.3 Å². The Kier molecular flexibility index (Phi) is 4.84. The van der Waals surface area contributed by atoms with Crippen LogP contribution in [0.1, 0.15) is 20.0 Å². The van der Waals surface area contributed by atoms with Crippen molar-refractivity contribution in [3.63, 3.8) is 0 Å². The van der Waals surface area contributed by atoms with Gasteiger partial charge in [0.2, 0.25) is 0 Å². The van der Waals surface area contributed by atoms with E-state index in [1.54, 1.807) is 0 Å². The summed E-state index contributed by atoms with van der Waals surface area (Å²) in [5.41, 5.74) is 0.106. The fourth-order valence-electron chi connectivity index (χ4n) is 1.50. The van der Waals surface area contributed by atoms with Crippen LogP contribution in [0.15, 0.2) is 30.5 Å². The van der Waals surface area contributed by atoms with E-state index in [9.17, 15) is 22.8 Å². The lowest BCUT2D eigenvalue weighted by atomic mass is 10.2. The minimum Gasteiger partial charge on any atom is -0.465 e. The molecule has 1 amide bonds. The van der Waals surface area contributed by atoms with Crippen LogP contribution in [0, 0.1) is 0 Å². The Bertz CT molecular complexity index is 713. The van der Waals surface area contributed by atoms with Gasteiger partial charge in [0.25, 0.3) is 5.91 Å². The Morgan fingerprint density at radius 3 is 2.43 bits per heavy atom. The van der Waals surface area contributed by atoms with Crippen molar-refractivity contribution in [3.8, 4) is 5.75 Å². The van der Waals surface area contributed by atoms with Gasteiger partial charge in [0.15, 0.2) is 5.13 Å². The molecule has 0 saturated heterocycles. The van der Waals surface area contributed by atoms with Crippen molar-refractivity contribution >= 4 is 28.3 Å². The van der Waals surface area contributed by atoms with Gasteiger partial charge < -0.3 is 9.47 Å². The zero-order valence-electron chi connectivity index (χ0n) is 11.5. The summed E-state index contributed by atoms with van der Waals surface area (Å²) >= 11 is 0.909. The molecule has 0 aliphatic carbocycles. The summed E-state index contributed by atoms with van der Waals surface area (Å²) in [5, 5.41) is 2.58. The first kappa shape index (κ1) is 16.7. The number of nitrogens with one attached hydrogen (secondary N) is 1. The molecule has 1 aromatic carbocycles. The first-order chi connectivity index (χ1) is 10.8. The van der Waals surface area contributed by atoms with Gasteiger partial charge >= 0.3 is 12.3 Å². The van der Waals surface area contributed by atoms with Gasteiger partial charge in [-0.2, -0.15) is 0 Å². The molecule has 0 atom stereocenters. The van der Waals surface area contributed by atoms with E-state index < -0.39 is 24.0 Å². The highest BCUT2D eigenvalue weighted by Gasteiger charge is 2.31. The lowest BCUT2D eigenvalue weighted by Crippen LogP contribution is -2.17. The Morgan fingerprint density at radius 2 is 1.87 bits per heavy atom. The Balaban J connectivity index is 2.03. The average molecular weight is 346 g/mol. The van der Waals surface area contributed by atoms with Crippen LogP contribution < -0.4 is 10.1 Å². The van der Waals surface area contributed by atoms with E-state index in [4.69, 9.17) is 0 Å². The number of amides is 1. The molecule has 122 valence electrons. The maximum absolute atomic E-state index is 12.0. The summed E-state index contributed by atoms with van der Waals surface area (Å²) in [5.74, 6) is -1.61. The maximum Gasteiger partial charge on any atom is 0.573 e. The van der Waals surface area contributed by atoms with Gasteiger partial charge in [0.1, 0.15) is 10.6 Å². The molecule has 0 aliphatic rings. The van der Waals surface area contributed by atoms with Gasteiger partial charge in [0, 0.05) is 5.56 Å². The molecule has 6 nitrogen and oxygen atoms in total. The molecule has 0 saturated carbocycles. The van der Waals surface area contributed by atoms with Crippen LogP contribution in [-0.4, -0.2) is 30.3 Å². The number of methoxy groups -OCH3 is 1. The summed E-state index contributed by atoms with van der Waals surface area (Å²) in [6.45, 7) is 0. The monoisotopic (exact) mass is 346 g/mol. The largest absolute Gasteiger partial charge is 0.573 e. The van der Waals surface area contributed by atoms with Crippen LogP contribution in [0.4, 0.5) is 18.3 Å². The van der Waals surface area contributed by atoms with Crippen LogP contribution >= 0.6 is 11.3 Å². The first-order valence-corrected chi connectivity index (χ1v) is 6.81. The number of anilines is 1. The Labute approximate surface area is 131 Å². The van der Waals surface area contributed by atoms with E-state index in [-0.39, 0.29) is 15.6 Å². The fourth-order valence-corrected chi connectivity index (χ4v) is 2.23. The Morgan fingerprint density at radius 1 is 1.22 bits per heavy atom. The third kappa shape index (κ3) is 4.68. The molecular formula is C13H9F3N2O4S. The zero-order valence-corrected chi connectivity index (χ0v) is 12.3. The van der Waals surface area contributed by atoms with Gasteiger partial charge in [0.05, 0.1) is 13.3 Å². The topological polar surface area (TPSA) is 77.5 Å². The standard InChI is InChI=1S/C13H9F3N2O4S/c1-21-11(20)9-6-17-12(23-9)18-10(19)7-2-4-8(5-3-7)22-13(14,15)16/h2-6H,1H3,(H,17,18,19). The number of nitrogens with zero attached hydrogens (tertiary/aromatic N) is 1. The van der Waals surface area contributed by atoms with Crippen molar-refractivity contribution in [2.24, 2.45) is 0 Å². The average Bonchev–Trinajstić information content (AvgIpc) is 2.94. The molecule has 1 heterocycles. The minimum atomic E-state index is -4.80. The molecule has 2 aromatic rings. The van der Waals surface area contributed by atoms with Crippen LogP contribution in [0.3, 0.4) is 0 Å². The second-order valence-corrected chi connectivity index (χ2v) is 5.08. The molecular weight excluding hydrogens is 337 g/mol. The summed E-state index contributed by atoms with van der Waals surface area (Å²) in [7, 11) is 1.21. The molecule has 1 N–H and O–H groups in total. The van der Waals surface area contributed by atoms with Crippen LogP contribution in [-0.2, 0) is 4.74 Å². The lowest BCUT2D eigenvalue weighted by molar-refractivity contribution is -0.274. The normalized spacial score (nSPS) is 11.0. The Hall–Kier alpha value is -2.62.